The van der Waals surface area contributed by atoms with Crippen LogP contribution in [0.15, 0.2) is 36.5 Å². The van der Waals surface area contributed by atoms with E-state index in [0.717, 1.165) is 30.5 Å². The standard InChI is InChI=1S/C33H47FN4O5S/c1-21-17-24(14-16-35-21)33(15-13-22-9-10-22,37-44(41)32(5,6)7)23-11-12-26(34)27(18-23)36-29(39)28-19-25(42-8)20-38(28)30(40)43-31(2,3)4/h11-12,14,16-18,22,25,28,37H,9-10,13,15,19-20H2,1-8H3,(H,36,39)/t25-,28-,33?,44+/m1/s1. The Bertz CT molecular complexity index is 1340. The Balaban J connectivity index is 1.73. The van der Waals surface area contributed by atoms with Crippen molar-refractivity contribution < 1.29 is 28.0 Å². The Labute approximate surface area is 264 Å². The zero-order valence-corrected chi connectivity index (χ0v) is 28.0. The fourth-order valence-electron chi connectivity index (χ4n) is 5.42. The fraction of sp³-hybridized carbons (Fsp3) is 0.606. The lowest BCUT2D eigenvalue weighted by Crippen LogP contribution is -2.52. The number of methoxy groups -OCH3 is 1. The highest BCUT2D eigenvalue weighted by atomic mass is 32.2. The minimum Gasteiger partial charge on any atom is -0.598 e. The number of hydrogen-bond donors (Lipinski definition) is 2. The lowest BCUT2D eigenvalue weighted by molar-refractivity contribution is -0.120. The summed E-state index contributed by atoms with van der Waals surface area (Å²) in [6.45, 7) is 13.1. The summed E-state index contributed by atoms with van der Waals surface area (Å²) in [6, 6.07) is 7.57. The summed E-state index contributed by atoms with van der Waals surface area (Å²) < 4.78 is 43.0. The van der Waals surface area contributed by atoms with Crippen molar-refractivity contribution in [2.45, 2.75) is 109 Å². The highest BCUT2D eigenvalue weighted by Crippen LogP contribution is 2.43. The van der Waals surface area contributed by atoms with Gasteiger partial charge in [0.15, 0.2) is 0 Å². The molecule has 1 aliphatic heterocycles. The molecule has 1 saturated carbocycles. The summed E-state index contributed by atoms with van der Waals surface area (Å²) in [6.07, 6.45) is 4.78. The number of aryl methyl sites for hydroxylation is 1. The number of hydrogen-bond acceptors (Lipinski definition) is 7. The summed E-state index contributed by atoms with van der Waals surface area (Å²) in [5.74, 6) is -0.580. The second-order valence-electron chi connectivity index (χ2n) is 14.0. The molecule has 1 aliphatic carbocycles. The number of carbonyl (C=O) groups excluding carboxylic acids is 2. The molecule has 1 unspecified atom stereocenters. The van der Waals surface area contributed by atoms with Crippen molar-refractivity contribution in [2.75, 3.05) is 19.0 Å². The highest BCUT2D eigenvalue weighted by Gasteiger charge is 2.45. The van der Waals surface area contributed by atoms with E-state index in [-0.39, 0.29) is 24.8 Å². The minimum atomic E-state index is -1.48. The Morgan fingerprint density at radius 2 is 1.80 bits per heavy atom. The number of amides is 2. The Morgan fingerprint density at radius 3 is 2.39 bits per heavy atom. The van der Waals surface area contributed by atoms with Gasteiger partial charge in [-0.3, -0.25) is 14.7 Å². The van der Waals surface area contributed by atoms with Gasteiger partial charge >= 0.3 is 6.09 Å². The van der Waals surface area contributed by atoms with Gasteiger partial charge in [0.05, 0.1) is 18.3 Å². The fourth-order valence-corrected chi connectivity index (χ4v) is 6.38. The SMILES string of the molecule is CO[C@@H]1C[C@H](C(=O)Nc2cc(C(CCC3CC3)(N[S@@+]([O-])C(C)(C)C)c3ccnc(C)c3)ccc2F)N(C(=O)OC(C)(C)C)C1. The summed E-state index contributed by atoms with van der Waals surface area (Å²) in [5, 5.41) is 2.75. The Kier molecular flexibility index (Phi) is 10.3. The van der Waals surface area contributed by atoms with Gasteiger partial charge in [-0.2, -0.15) is 0 Å². The molecule has 4 atom stereocenters. The summed E-state index contributed by atoms with van der Waals surface area (Å²) in [5.41, 5.74) is 0.610. The van der Waals surface area contributed by atoms with Crippen LogP contribution in [0.5, 0.6) is 0 Å². The number of nitrogens with zero attached hydrogens (tertiary/aromatic N) is 2. The normalized spacial score (nSPS) is 21.1. The van der Waals surface area contributed by atoms with Crippen LogP contribution in [0.2, 0.25) is 0 Å². The van der Waals surface area contributed by atoms with Crippen LogP contribution in [0, 0.1) is 18.7 Å². The molecule has 242 valence electrons. The van der Waals surface area contributed by atoms with Crippen LogP contribution in [0.1, 0.15) is 90.5 Å². The first kappa shape index (κ1) is 34.1. The lowest BCUT2D eigenvalue weighted by Gasteiger charge is -2.39. The van der Waals surface area contributed by atoms with Crippen molar-refractivity contribution in [1.29, 1.82) is 0 Å². The van der Waals surface area contributed by atoms with Crippen LogP contribution < -0.4 is 10.0 Å². The summed E-state index contributed by atoms with van der Waals surface area (Å²) in [7, 11) is 1.53. The Morgan fingerprint density at radius 1 is 1.11 bits per heavy atom. The highest BCUT2D eigenvalue weighted by molar-refractivity contribution is 7.90. The third-order valence-electron chi connectivity index (χ3n) is 8.08. The van der Waals surface area contributed by atoms with Crippen molar-refractivity contribution in [3.05, 3.63) is 59.2 Å². The van der Waals surface area contributed by atoms with E-state index in [1.54, 1.807) is 39.1 Å². The topological polar surface area (TPSA) is 116 Å². The maximum atomic E-state index is 15.4. The number of carbonyl (C=O) groups is 2. The Hall–Kier alpha value is -2.73. The van der Waals surface area contributed by atoms with E-state index in [2.05, 4.69) is 15.0 Å². The quantitative estimate of drug-likeness (QED) is 0.311. The first-order valence-electron chi connectivity index (χ1n) is 15.3. The first-order chi connectivity index (χ1) is 20.5. The van der Waals surface area contributed by atoms with Gasteiger partial charge < -0.3 is 19.3 Å². The van der Waals surface area contributed by atoms with Crippen LogP contribution in [0.3, 0.4) is 0 Å². The number of anilines is 1. The molecule has 1 aromatic carbocycles. The maximum absolute atomic E-state index is 15.4. The number of pyridine rings is 1. The van der Waals surface area contributed by atoms with Gasteiger partial charge in [-0.15, -0.1) is 4.72 Å². The van der Waals surface area contributed by atoms with Crippen LogP contribution in [0.4, 0.5) is 14.9 Å². The van der Waals surface area contributed by atoms with E-state index in [0.29, 0.717) is 17.9 Å². The molecule has 2 fully saturated rings. The molecule has 2 N–H and O–H groups in total. The number of nitrogens with one attached hydrogen (secondary N) is 2. The van der Waals surface area contributed by atoms with Gasteiger partial charge in [0, 0.05) is 36.8 Å². The van der Waals surface area contributed by atoms with E-state index in [4.69, 9.17) is 9.47 Å². The number of ether oxygens (including phenoxy) is 2. The zero-order valence-electron chi connectivity index (χ0n) is 27.2. The van der Waals surface area contributed by atoms with Gasteiger partial charge in [-0.05, 0) is 103 Å². The van der Waals surface area contributed by atoms with Gasteiger partial charge in [0.25, 0.3) is 0 Å². The second kappa shape index (κ2) is 13.3. The summed E-state index contributed by atoms with van der Waals surface area (Å²) in [4.78, 5) is 32.4. The largest absolute Gasteiger partial charge is 0.598 e. The molecule has 9 nitrogen and oxygen atoms in total. The summed E-state index contributed by atoms with van der Waals surface area (Å²) >= 11 is -1.48. The average molecular weight is 631 g/mol. The van der Waals surface area contributed by atoms with E-state index < -0.39 is 51.1 Å². The molecule has 11 heteroatoms. The number of aromatic nitrogens is 1. The zero-order chi connectivity index (χ0) is 32.4. The van der Waals surface area contributed by atoms with Crippen LogP contribution >= 0.6 is 0 Å². The third kappa shape index (κ3) is 8.29. The van der Waals surface area contributed by atoms with Crippen LogP contribution in [-0.4, -0.2) is 62.6 Å². The predicted octanol–water partition coefficient (Wildman–Crippen LogP) is 5.98. The number of benzene rings is 1. The molecule has 2 amide bonds. The molecule has 2 aliphatic rings. The van der Waals surface area contributed by atoms with E-state index in [1.165, 1.54) is 18.1 Å². The van der Waals surface area contributed by atoms with Crippen LogP contribution in [-0.2, 0) is 31.2 Å². The second-order valence-corrected chi connectivity index (χ2v) is 15.9. The van der Waals surface area contributed by atoms with Crippen molar-refractivity contribution >= 4 is 29.0 Å². The number of rotatable bonds is 10. The van der Waals surface area contributed by atoms with Gasteiger partial charge in [-0.1, -0.05) is 18.9 Å². The number of likely N-dealkylation sites (tertiary alicyclic amines) is 1. The van der Waals surface area contributed by atoms with E-state index in [9.17, 15) is 14.1 Å². The smallest absolute Gasteiger partial charge is 0.411 e. The average Bonchev–Trinajstić information content (AvgIpc) is 3.66. The first-order valence-corrected chi connectivity index (χ1v) is 16.4. The molecule has 0 bridgehead atoms. The molecule has 2 aromatic rings. The van der Waals surface area contributed by atoms with Crippen molar-refractivity contribution in [2.24, 2.45) is 5.92 Å². The van der Waals surface area contributed by atoms with Crippen LogP contribution in [0.25, 0.3) is 0 Å². The molecule has 1 aromatic heterocycles. The van der Waals surface area contributed by atoms with Gasteiger partial charge in [0.1, 0.15) is 27.7 Å². The van der Waals surface area contributed by atoms with Crippen molar-refractivity contribution in [3.63, 3.8) is 0 Å². The number of halogens is 1. The van der Waals surface area contributed by atoms with Crippen molar-refractivity contribution in [3.8, 4) is 0 Å². The molecular weight excluding hydrogens is 583 g/mol. The molecule has 0 spiro atoms. The monoisotopic (exact) mass is 630 g/mol. The maximum Gasteiger partial charge on any atom is 0.411 e. The predicted molar refractivity (Wildman–Crippen MR) is 170 cm³/mol. The molecule has 1 saturated heterocycles. The molecular formula is C33H47FN4O5S. The lowest BCUT2D eigenvalue weighted by atomic mass is 9.79. The molecule has 2 heterocycles. The third-order valence-corrected chi connectivity index (χ3v) is 9.73. The van der Waals surface area contributed by atoms with Gasteiger partial charge in [-0.25, -0.2) is 9.18 Å². The minimum absolute atomic E-state index is 0.0255. The van der Waals surface area contributed by atoms with Gasteiger partial charge in [0.2, 0.25) is 5.91 Å². The van der Waals surface area contributed by atoms with E-state index in [1.807, 2.05) is 39.8 Å². The molecule has 44 heavy (non-hydrogen) atoms. The van der Waals surface area contributed by atoms with Crippen molar-refractivity contribution in [1.82, 2.24) is 14.6 Å². The molecule has 0 radical (unpaired) electrons. The molecule has 4 rings (SSSR count). The van der Waals surface area contributed by atoms with E-state index >= 15 is 4.39 Å².